The number of hydrogen-bond donors (Lipinski definition) is 2. The number of carbonyl (C=O) groups is 1. The fraction of sp³-hybridized carbons (Fsp3) is 0.900. The van der Waals surface area contributed by atoms with Gasteiger partial charge in [-0.3, -0.25) is 4.79 Å². The van der Waals surface area contributed by atoms with Crippen molar-refractivity contribution < 1.29 is 4.79 Å². The highest BCUT2D eigenvalue weighted by Crippen LogP contribution is 2.04. The van der Waals surface area contributed by atoms with Crippen molar-refractivity contribution >= 4 is 5.91 Å². The van der Waals surface area contributed by atoms with Crippen molar-refractivity contribution in [3.05, 3.63) is 0 Å². The molecule has 0 fully saturated rings. The quantitative estimate of drug-likeness (QED) is 0.653. The zero-order valence-electron chi connectivity index (χ0n) is 9.18. The molecule has 0 aromatic heterocycles. The molecule has 0 heterocycles. The summed E-state index contributed by atoms with van der Waals surface area (Å²) in [7, 11) is 1.67. The predicted octanol–water partition coefficient (Wildman–Crippen LogP) is 1.15. The third-order valence-electron chi connectivity index (χ3n) is 2.28. The van der Waals surface area contributed by atoms with Crippen LogP contribution < -0.4 is 10.6 Å². The van der Waals surface area contributed by atoms with E-state index in [2.05, 4.69) is 31.4 Å². The van der Waals surface area contributed by atoms with E-state index in [4.69, 9.17) is 0 Å². The summed E-state index contributed by atoms with van der Waals surface area (Å²) in [5.41, 5.74) is 0. The molecule has 0 bridgehead atoms. The van der Waals surface area contributed by atoms with Gasteiger partial charge in [0.05, 0.1) is 0 Å². The molecule has 0 aliphatic carbocycles. The topological polar surface area (TPSA) is 41.1 Å². The maximum Gasteiger partial charge on any atom is 0.221 e. The molecule has 1 amide bonds. The molecular formula is C10H22N2O. The van der Waals surface area contributed by atoms with Gasteiger partial charge in [-0.15, -0.1) is 0 Å². The zero-order valence-corrected chi connectivity index (χ0v) is 9.18. The third-order valence-corrected chi connectivity index (χ3v) is 2.28. The summed E-state index contributed by atoms with van der Waals surface area (Å²) in [6.45, 7) is 7.33. The molecular weight excluding hydrogens is 164 g/mol. The van der Waals surface area contributed by atoms with Crippen LogP contribution in [0.2, 0.25) is 0 Å². The Bertz CT molecular complexity index is 146. The lowest BCUT2D eigenvalue weighted by atomic mass is 10.0. The number of carbonyl (C=O) groups excluding carboxylic acids is 1. The van der Waals surface area contributed by atoms with Gasteiger partial charge in [-0.1, -0.05) is 20.8 Å². The van der Waals surface area contributed by atoms with E-state index in [1.807, 2.05) is 0 Å². The van der Waals surface area contributed by atoms with Crippen molar-refractivity contribution in [1.29, 1.82) is 0 Å². The maximum absolute atomic E-state index is 10.9. The first-order valence-corrected chi connectivity index (χ1v) is 5.05. The molecule has 0 saturated heterocycles. The fourth-order valence-electron chi connectivity index (χ4n) is 1.35. The van der Waals surface area contributed by atoms with Gasteiger partial charge in [0.2, 0.25) is 5.91 Å². The fourth-order valence-corrected chi connectivity index (χ4v) is 1.35. The Hall–Kier alpha value is -0.570. The number of hydrogen-bond acceptors (Lipinski definition) is 2. The van der Waals surface area contributed by atoms with Crippen LogP contribution in [-0.2, 0) is 4.79 Å². The Balaban J connectivity index is 3.55. The Morgan fingerprint density at radius 3 is 2.38 bits per heavy atom. The molecule has 0 aliphatic heterocycles. The Morgan fingerprint density at radius 2 is 2.00 bits per heavy atom. The molecule has 0 saturated carbocycles. The molecule has 1 unspecified atom stereocenters. The molecule has 3 heteroatoms. The summed E-state index contributed by atoms with van der Waals surface area (Å²) >= 11 is 0. The van der Waals surface area contributed by atoms with E-state index in [1.165, 1.54) is 0 Å². The lowest BCUT2D eigenvalue weighted by molar-refractivity contribution is -0.120. The van der Waals surface area contributed by atoms with Crippen LogP contribution in [0.1, 0.15) is 33.6 Å². The molecule has 3 nitrogen and oxygen atoms in total. The first kappa shape index (κ1) is 12.4. The van der Waals surface area contributed by atoms with Crippen molar-refractivity contribution in [2.75, 3.05) is 13.6 Å². The van der Waals surface area contributed by atoms with Crippen LogP contribution in [0.4, 0.5) is 0 Å². The molecule has 13 heavy (non-hydrogen) atoms. The van der Waals surface area contributed by atoms with Gasteiger partial charge in [-0.05, 0) is 12.3 Å². The summed E-state index contributed by atoms with van der Waals surface area (Å²) < 4.78 is 0. The van der Waals surface area contributed by atoms with Gasteiger partial charge < -0.3 is 10.6 Å². The van der Waals surface area contributed by atoms with E-state index in [1.54, 1.807) is 7.05 Å². The summed E-state index contributed by atoms with van der Waals surface area (Å²) in [5.74, 6) is 0.737. The average molecular weight is 186 g/mol. The van der Waals surface area contributed by atoms with Crippen LogP contribution in [0.3, 0.4) is 0 Å². The van der Waals surface area contributed by atoms with E-state index in [0.717, 1.165) is 13.0 Å². The molecule has 1 atom stereocenters. The summed E-state index contributed by atoms with van der Waals surface area (Å²) in [6, 6.07) is 0.532. The average Bonchev–Trinajstić information content (AvgIpc) is 2.11. The Morgan fingerprint density at radius 1 is 1.38 bits per heavy atom. The van der Waals surface area contributed by atoms with Crippen LogP contribution in [0, 0.1) is 5.92 Å². The van der Waals surface area contributed by atoms with Gasteiger partial charge in [-0.2, -0.15) is 0 Å². The van der Waals surface area contributed by atoms with Gasteiger partial charge in [0.15, 0.2) is 0 Å². The van der Waals surface area contributed by atoms with Crippen molar-refractivity contribution in [2.24, 2.45) is 5.92 Å². The van der Waals surface area contributed by atoms with Crippen LogP contribution in [0.25, 0.3) is 0 Å². The molecule has 0 aromatic rings. The Labute approximate surface area is 81.3 Å². The number of amides is 1. The minimum atomic E-state index is 0.103. The largest absolute Gasteiger partial charge is 0.359 e. The molecule has 0 aliphatic rings. The SMILES string of the molecule is CCC(NCCC(=O)NC)C(C)C. The van der Waals surface area contributed by atoms with E-state index < -0.39 is 0 Å². The highest BCUT2D eigenvalue weighted by Gasteiger charge is 2.09. The molecule has 0 spiro atoms. The van der Waals surface area contributed by atoms with Gasteiger partial charge in [0.25, 0.3) is 0 Å². The van der Waals surface area contributed by atoms with Gasteiger partial charge >= 0.3 is 0 Å². The predicted molar refractivity (Wildman–Crippen MR) is 55.6 cm³/mol. The van der Waals surface area contributed by atoms with Gasteiger partial charge in [-0.25, -0.2) is 0 Å². The second kappa shape index (κ2) is 6.89. The minimum absolute atomic E-state index is 0.103. The van der Waals surface area contributed by atoms with Crippen LogP contribution in [0.15, 0.2) is 0 Å². The van der Waals surface area contributed by atoms with Crippen LogP contribution in [0.5, 0.6) is 0 Å². The van der Waals surface area contributed by atoms with Crippen molar-refractivity contribution in [2.45, 2.75) is 39.7 Å². The second-order valence-electron chi connectivity index (χ2n) is 3.64. The molecule has 2 N–H and O–H groups in total. The first-order valence-electron chi connectivity index (χ1n) is 5.05. The molecule has 0 radical (unpaired) electrons. The van der Waals surface area contributed by atoms with E-state index >= 15 is 0 Å². The second-order valence-corrected chi connectivity index (χ2v) is 3.64. The van der Waals surface area contributed by atoms with E-state index in [0.29, 0.717) is 18.4 Å². The molecule has 0 rings (SSSR count). The lowest BCUT2D eigenvalue weighted by Gasteiger charge is -2.20. The highest BCUT2D eigenvalue weighted by molar-refractivity contribution is 5.75. The summed E-state index contributed by atoms with van der Waals surface area (Å²) in [4.78, 5) is 10.9. The summed E-state index contributed by atoms with van der Waals surface area (Å²) in [6.07, 6.45) is 1.69. The van der Waals surface area contributed by atoms with Crippen LogP contribution in [-0.4, -0.2) is 25.5 Å². The standard InChI is InChI=1S/C10H22N2O/c1-5-9(8(2)3)12-7-6-10(13)11-4/h8-9,12H,5-7H2,1-4H3,(H,11,13). The van der Waals surface area contributed by atoms with E-state index in [-0.39, 0.29) is 5.91 Å². The maximum atomic E-state index is 10.9. The monoisotopic (exact) mass is 186 g/mol. The minimum Gasteiger partial charge on any atom is -0.359 e. The highest BCUT2D eigenvalue weighted by atomic mass is 16.1. The van der Waals surface area contributed by atoms with Crippen molar-refractivity contribution in [1.82, 2.24) is 10.6 Å². The van der Waals surface area contributed by atoms with Crippen LogP contribution >= 0.6 is 0 Å². The number of nitrogens with one attached hydrogen (secondary N) is 2. The van der Waals surface area contributed by atoms with E-state index in [9.17, 15) is 4.79 Å². The van der Waals surface area contributed by atoms with Gasteiger partial charge in [0.1, 0.15) is 0 Å². The lowest BCUT2D eigenvalue weighted by Crippen LogP contribution is -2.35. The molecule has 78 valence electrons. The summed E-state index contributed by atoms with van der Waals surface area (Å²) in [5, 5.41) is 5.98. The Kier molecular flexibility index (Phi) is 6.59. The smallest absolute Gasteiger partial charge is 0.221 e. The normalized spacial score (nSPS) is 13.0. The third kappa shape index (κ3) is 5.64. The van der Waals surface area contributed by atoms with Gasteiger partial charge in [0, 0.05) is 26.1 Å². The molecule has 0 aromatic carbocycles. The zero-order chi connectivity index (χ0) is 10.3. The van der Waals surface area contributed by atoms with Crippen molar-refractivity contribution in [3.8, 4) is 0 Å². The number of rotatable bonds is 6. The first-order chi connectivity index (χ1) is 6.11. The van der Waals surface area contributed by atoms with Crippen molar-refractivity contribution in [3.63, 3.8) is 0 Å².